The van der Waals surface area contributed by atoms with E-state index in [0.717, 1.165) is 17.0 Å². The SMILES string of the molecule is CCc1nc(N)sc1C#C[Si](C)(C)C. The van der Waals surface area contributed by atoms with Crippen LogP contribution in [-0.4, -0.2) is 13.1 Å². The van der Waals surface area contributed by atoms with E-state index in [2.05, 4.69) is 43.0 Å². The van der Waals surface area contributed by atoms with Crippen LogP contribution in [0, 0.1) is 11.5 Å². The average molecular weight is 224 g/mol. The van der Waals surface area contributed by atoms with Crippen LogP contribution in [0.3, 0.4) is 0 Å². The van der Waals surface area contributed by atoms with Gasteiger partial charge in [-0.1, -0.05) is 43.8 Å². The Balaban J connectivity index is 3.00. The maximum Gasteiger partial charge on any atom is 0.181 e. The summed E-state index contributed by atoms with van der Waals surface area (Å²) in [6, 6.07) is 0. The van der Waals surface area contributed by atoms with E-state index < -0.39 is 8.07 Å². The third kappa shape index (κ3) is 3.16. The van der Waals surface area contributed by atoms with Gasteiger partial charge in [0.25, 0.3) is 0 Å². The van der Waals surface area contributed by atoms with Crippen LogP contribution in [0.15, 0.2) is 0 Å². The fourth-order valence-corrected chi connectivity index (χ4v) is 2.32. The highest BCUT2D eigenvalue weighted by molar-refractivity contribution is 7.16. The highest BCUT2D eigenvalue weighted by Gasteiger charge is 2.09. The zero-order chi connectivity index (χ0) is 10.8. The molecule has 0 saturated heterocycles. The minimum absolute atomic E-state index is 0.627. The molecule has 0 amide bonds. The van der Waals surface area contributed by atoms with Gasteiger partial charge < -0.3 is 5.73 Å². The third-order valence-electron chi connectivity index (χ3n) is 1.60. The molecule has 1 heterocycles. The number of rotatable bonds is 1. The minimum atomic E-state index is -1.29. The second-order valence-corrected chi connectivity index (χ2v) is 9.96. The van der Waals surface area contributed by atoms with Crippen molar-refractivity contribution in [3.8, 4) is 11.5 Å². The summed E-state index contributed by atoms with van der Waals surface area (Å²) in [5.74, 6) is 3.21. The lowest BCUT2D eigenvalue weighted by Crippen LogP contribution is -2.16. The van der Waals surface area contributed by atoms with Crippen molar-refractivity contribution in [2.75, 3.05) is 5.73 Å². The van der Waals surface area contributed by atoms with Gasteiger partial charge in [0.05, 0.1) is 5.69 Å². The third-order valence-corrected chi connectivity index (χ3v) is 3.32. The van der Waals surface area contributed by atoms with Crippen LogP contribution in [0.5, 0.6) is 0 Å². The smallest absolute Gasteiger partial charge is 0.181 e. The molecule has 4 heteroatoms. The molecule has 0 atom stereocenters. The van der Waals surface area contributed by atoms with Crippen LogP contribution in [0.4, 0.5) is 5.13 Å². The van der Waals surface area contributed by atoms with Crippen LogP contribution < -0.4 is 5.73 Å². The number of nitrogens with zero attached hydrogens (tertiary/aromatic N) is 1. The molecule has 14 heavy (non-hydrogen) atoms. The number of hydrogen-bond donors (Lipinski definition) is 1. The van der Waals surface area contributed by atoms with Crippen molar-refractivity contribution in [2.24, 2.45) is 0 Å². The molecule has 0 aliphatic rings. The maximum atomic E-state index is 5.65. The van der Waals surface area contributed by atoms with E-state index in [1.807, 2.05) is 0 Å². The second kappa shape index (κ2) is 4.16. The van der Waals surface area contributed by atoms with Crippen molar-refractivity contribution in [3.63, 3.8) is 0 Å². The molecule has 0 radical (unpaired) electrons. The maximum absolute atomic E-state index is 5.65. The zero-order valence-corrected chi connectivity index (χ0v) is 11.0. The molecule has 1 rings (SSSR count). The number of aromatic nitrogens is 1. The normalized spacial score (nSPS) is 10.9. The Bertz CT molecular complexity index is 379. The number of anilines is 1. The van der Waals surface area contributed by atoms with Crippen molar-refractivity contribution in [2.45, 2.75) is 33.0 Å². The molecule has 2 N–H and O–H groups in total. The topological polar surface area (TPSA) is 38.9 Å². The molecular formula is C10H16N2SSi. The molecular weight excluding hydrogens is 208 g/mol. The van der Waals surface area contributed by atoms with E-state index >= 15 is 0 Å². The number of nitrogen functional groups attached to an aromatic ring is 1. The van der Waals surface area contributed by atoms with Crippen LogP contribution in [0.25, 0.3) is 0 Å². The lowest BCUT2D eigenvalue weighted by atomic mass is 10.3. The standard InChI is InChI=1S/C10H16N2SSi/c1-5-8-9(13-10(11)12-8)6-7-14(2,3)4/h5H2,1-4H3,(H2,11,12). The van der Waals surface area contributed by atoms with Crippen molar-refractivity contribution in [1.29, 1.82) is 0 Å². The Labute approximate surface area is 90.6 Å². The van der Waals surface area contributed by atoms with E-state index in [4.69, 9.17) is 5.73 Å². The molecule has 2 nitrogen and oxygen atoms in total. The molecule has 0 saturated carbocycles. The molecule has 0 aliphatic heterocycles. The van der Waals surface area contributed by atoms with Gasteiger partial charge in [-0.3, -0.25) is 0 Å². The van der Waals surface area contributed by atoms with Gasteiger partial charge in [-0.2, -0.15) is 0 Å². The lowest BCUT2D eigenvalue weighted by Gasteiger charge is -2.02. The molecule has 0 spiro atoms. The summed E-state index contributed by atoms with van der Waals surface area (Å²) >= 11 is 1.49. The summed E-state index contributed by atoms with van der Waals surface area (Å²) in [4.78, 5) is 5.29. The summed E-state index contributed by atoms with van der Waals surface area (Å²) in [5.41, 5.74) is 10.0. The Morgan fingerprint density at radius 3 is 2.57 bits per heavy atom. The molecule has 0 fully saturated rings. The molecule has 76 valence electrons. The van der Waals surface area contributed by atoms with Gasteiger partial charge in [-0.15, -0.1) is 5.54 Å². The van der Waals surface area contributed by atoms with Gasteiger partial charge in [0, 0.05) is 0 Å². The first kappa shape index (κ1) is 11.3. The Morgan fingerprint density at radius 2 is 2.07 bits per heavy atom. The van der Waals surface area contributed by atoms with Gasteiger partial charge >= 0.3 is 0 Å². The minimum Gasteiger partial charge on any atom is -0.375 e. The Morgan fingerprint density at radius 1 is 1.43 bits per heavy atom. The van der Waals surface area contributed by atoms with Crippen LogP contribution in [0.1, 0.15) is 17.5 Å². The van der Waals surface area contributed by atoms with E-state index in [1.54, 1.807) is 0 Å². The Hall–Kier alpha value is -0.793. The first-order valence-corrected chi connectivity index (χ1v) is 9.02. The van der Waals surface area contributed by atoms with Gasteiger partial charge in [-0.05, 0) is 6.42 Å². The highest BCUT2D eigenvalue weighted by Crippen LogP contribution is 2.19. The van der Waals surface area contributed by atoms with Gasteiger partial charge in [0.15, 0.2) is 5.13 Å². The molecule has 0 aromatic carbocycles. The fraction of sp³-hybridized carbons (Fsp3) is 0.500. The predicted octanol–water partition coefficient (Wildman–Crippen LogP) is 2.52. The van der Waals surface area contributed by atoms with Crippen molar-refractivity contribution in [3.05, 3.63) is 10.6 Å². The fourth-order valence-electron chi connectivity index (χ4n) is 0.952. The summed E-state index contributed by atoms with van der Waals surface area (Å²) in [6.07, 6.45) is 0.906. The summed E-state index contributed by atoms with van der Waals surface area (Å²) < 4.78 is 0. The molecule has 0 bridgehead atoms. The van der Waals surface area contributed by atoms with Gasteiger partial charge in [0.1, 0.15) is 13.0 Å². The van der Waals surface area contributed by atoms with Crippen LogP contribution in [0.2, 0.25) is 19.6 Å². The van der Waals surface area contributed by atoms with Crippen LogP contribution >= 0.6 is 11.3 Å². The van der Waals surface area contributed by atoms with Crippen molar-refractivity contribution in [1.82, 2.24) is 4.98 Å². The zero-order valence-electron chi connectivity index (χ0n) is 9.14. The number of hydrogen-bond acceptors (Lipinski definition) is 3. The first-order valence-electron chi connectivity index (χ1n) is 4.70. The number of aryl methyl sites for hydroxylation is 1. The van der Waals surface area contributed by atoms with E-state index in [1.165, 1.54) is 11.3 Å². The summed E-state index contributed by atoms with van der Waals surface area (Å²) in [7, 11) is -1.29. The molecule has 1 aromatic heterocycles. The summed E-state index contributed by atoms with van der Waals surface area (Å²) in [5, 5.41) is 0.627. The van der Waals surface area contributed by atoms with E-state index in [9.17, 15) is 0 Å². The van der Waals surface area contributed by atoms with E-state index in [0.29, 0.717) is 5.13 Å². The number of thiazole rings is 1. The van der Waals surface area contributed by atoms with Gasteiger partial charge in [-0.25, -0.2) is 4.98 Å². The quantitative estimate of drug-likeness (QED) is 0.588. The lowest BCUT2D eigenvalue weighted by molar-refractivity contribution is 1.06. The molecule has 1 aromatic rings. The number of nitrogens with two attached hydrogens (primary N) is 1. The predicted molar refractivity (Wildman–Crippen MR) is 66.1 cm³/mol. The van der Waals surface area contributed by atoms with Gasteiger partial charge in [0.2, 0.25) is 0 Å². The van der Waals surface area contributed by atoms with Crippen molar-refractivity contribution >= 4 is 24.5 Å². The first-order chi connectivity index (χ1) is 6.42. The summed E-state index contributed by atoms with van der Waals surface area (Å²) in [6.45, 7) is 8.77. The average Bonchev–Trinajstić information content (AvgIpc) is 2.41. The van der Waals surface area contributed by atoms with Crippen molar-refractivity contribution < 1.29 is 0 Å². The largest absolute Gasteiger partial charge is 0.375 e. The van der Waals surface area contributed by atoms with Crippen LogP contribution in [-0.2, 0) is 6.42 Å². The Kier molecular flexibility index (Phi) is 3.35. The molecule has 0 unspecified atom stereocenters. The highest BCUT2D eigenvalue weighted by atomic mass is 32.1. The molecule has 0 aliphatic carbocycles. The van der Waals surface area contributed by atoms with E-state index in [-0.39, 0.29) is 0 Å². The monoisotopic (exact) mass is 224 g/mol. The second-order valence-electron chi connectivity index (χ2n) is 4.18.